The van der Waals surface area contributed by atoms with Crippen molar-refractivity contribution in [3.8, 4) is 11.4 Å². The first-order chi connectivity index (χ1) is 10.3. The van der Waals surface area contributed by atoms with Crippen molar-refractivity contribution in [2.75, 3.05) is 43.1 Å². The Labute approximate surface area is 128 Å². The monoisotopic (exact) mass is 305 g/mol. The number of rotatable bonds is 4. The Morgan fingerprint density at radius 2 is 2.10 bits per heavy atom. The third-order valence-corrected chi connectivity index (χ3v) is 4.20. The molecule has 1 saturated heterocycles. The highest BCUT2D eigenvalue weighted by Gasteiger charge is 2.17. The molecule has 0 radical (unpaired) electrons. The van der Waals surface area contributed by atoms with Crippen molar-refractivity contribution in [3.05, 3.63) is 16.3 Å². The molecular weight excluding hydrogens is 286 g/mol. The fourth-order valence-corrected chi connectivity index (χ4v) is 2.94. The summed E-state index contributed by atoms with van der Waals surface area (Å²) in [6, 6.07) is 2.06. The third kappa shape index (κ3) is 3.14. The van der Waals surface area contributed by atoms with Gasteiger partial charge in [0.25, 0.3) is 0 Å². The topological polar surface area (TPSA) is 63.2 Å². The fraction of sp³-hybridized carbons (Fsp3) is 0.500. The van der Waals surface area contributed by atoms with Crippen LogP contribution in [0.5, 0.6) is 0 Å². The molecule has 2 aromatic rings. The van der Waals surface area contributed by atoms with Crippen molar-refractivity contribution in [3.63, 3.8) is 0 Å². The SMILES string of the molecule is CCNc1nc(-c2ccsc2C)nc(N2CCOCC2)n1. The molecular formula is C14H19N5OS. The summed E-state index contributed by atoms with van der Waals surface area (Å²) < 4.78 is 5.39. The molecule has 7 heteroatoms. The Morgan fingerprint density at radius 3 is 2.76 bits per heavy atom. The van der Waals surface area contributed by atoms with Gasteiger partial charge in [0.05, 0.1) is 13.2 Å². The molecule has 3 rings (SSSR count). The Balaban J connectivity index is 1.99. The average molecular weight is 305 g/mol. The molecule has 1 N–H and O–H groups in total. The summed E-state index contributed by atoms with van der Waals surface area (Å²) in [5.41, 5.74) is 1.08. The van der Waals surface area contributed by atoms with Crippen molar-refractivity contribution in [2.24, 2.45) is 0 Å². The highest BCUT2D eigenvalue weighted by molar-refractivity contribution is 7.10. The van der Waals surface area contributed by atoms with Crippen molar-refractivity contribution < 1.29 is 4.74 Å². The summed E-state index contributed by atoms with van der Waals surface area (Å²) in [7, 11) is 0. The standard InChI is InChI=1S/C14H19N5OS/c1-3-15-13-16-12(11-4-9-21-10(11)2)17-14(18-13)19-5-7-20-8-6-19/h4,9H,3,5-8H2,1-2H3,(H,15,16,17,18). The van der Waals surface area contributed by atoms with Gasteiger partial charge in [-0.1, -0.05) is 0 Å². The fourth-order valence-electron chi connectivity index (χ4n) is 2.24. The molecule has 0 amide bonds. The summed E-state index contributed by atoms with van der Waals surface area (Å²) >= 11 is 1.71. The largest absolute Gasteiger partial charge is 0.378 e. The van der Waals surface area contributed by atoms with E-state index in [4.69, 9.17) is 4.74 Å². The van der Waals surface area contributed by atoms with Crippen molar-refractivity contribution in [2.45, 2.75) is 13.8 Å². The molecule has 0 unspecified atom stereocenters. The first-order valence-corrected chi connectivity index (χ1v) is 8.03. The van der Waals surface area contributed by atoms with E-state index in [0.717, 1.165) is 50.2 Å². The van der Waals surface area contributed by atoms with Crippen LogP contribution in [0, 0.1) is 6.92 Å². The van der Waals surface area contributed by atoms with Gasteiger partial charge in [0, 0.05) is 30.1 Å². The van der Waals surface area contributed by atoms with Crippen molar-refractivity contribution >= 4 is 23.2 Å². The molecule has 1 aliphatic rings. The van der Waals surface area contributed by atoms with Crippen LogP contribution in [0.2, 0.25) is 0 Å². The number of ether oxygens (including phenoxy) is 1. The number of thiophene rings is 1. The number of anilines is 2. The highest BCUT2D eigenvalue weighted by atomic mass is 32.1. The minimum atomic E-state index is 0.634. The van der Waals surface area contributed by atoms with E-state index in [9.17, 15) is 0 Å². The van der Waals surface area contributed by atoms with E-state index in [1.807, 2.05) is 6.92 Å². The van der Waals surface area contributed by atoms with Crippen LogP contribution in [0.3, 0.4) is 0 Å². The maximum absolute atomic E-state index is 5.39. The van der Waals surface area contributed by atoms with Crippen LogP contribution in [0.1, 0.15) is 11.8 Å². The normalized spacial score (nSPS) is 15.2. The molecule has 0 saturated carbocycles. The van der Waals surface area contributed by atoms with Gasteiger partial charge in [0.1, 0.15) is 0 Å². The van der Waals surface area contributed by atoms with E-state index in [-0.39, 0.29) is 0 Å². The molecule has 112 valence electrons. The van der Waals surface area contributed by atoms with Crippen LogP contribution in [0.25, 0.3) is 11.4 Å². The average Bonchev–Trinajstić information content (AvgIpc) is 2.94. The molecule has 0 atom stereocenters. The van der Waals surface area contributed by atoms with Crippen LogP contribution in [0.15, 0.2) is 11.4 Å². The predicted molar refractivity (Wildman–Crippen MR) is 85.1 cm³/mol. The number of nitrogens with zero attached hydrogens (tertiary/aromatic N) is 4. The van der Waals surface area contributed by atoms with Gasteiger partial charge in [0.15, 0.2) is 5.82 Å². The summed E-state index contributed by atoms with van der Waals surface area (Å²) in [4.78, 5) is 17.1. The number of nitrogens with one attached hydrogen (secondary N) is 1. The summed E-state index contributed by atoms with van der Waals surface area (Å²) in [5, 5.41) is 5.26. The Kier molecular flexibility index (Phi) is 4.31. The van der Waals surface area contributed by atoms with Crippen LogP contribution in [-0.4, -0.2) is 47.8 Å². The van der Waals surface area contributed by atoms with Gasteiger partial charge in [-0.3, -0.25) is 0 Å². The predicted octanol–water partition coefficient (Wildman–Crippen LogP) is 2.18. The van der Waals surface area contributed by atoms with E-state index in [0.29, 0.717) is 5.95 Å². The molecule has 0 aliphatic carbocycles. The van der Waals surface area contributed by atoms with Gasteiger partial charge in [-0.2, -0.15) is 15.0 Å². The number of morpholine rings is 1. The second-order valence-electron chi connectivity index (χ2n) is 4.80. The number of hydrogen-bond acceptors (Lipinski definition) is 7. The van der Waals surface area contributed by atoms with E-state index in [1.54, 1.807) is 11.3 Å². The third-order valence-electron chi connectivity index (χ3n) is 3.35. The summed E-state index contributed by atoms with van der Waals surface area (Å²) in [6.07, 6.45) is 0. The van der Waals surface area contributed by atoms with E-state index in [2.05, 4.69) is 43.5 Å². The molecule has 1 fully saturated rings. The first-order valence-electron chi connectivity index (χ1n) is 7.15. The zero-order chi connectivity index (χ0) is 14.7. The van der Waals surface area contributed by atoms with Gasteiger partial charge in [-0.25, -0.2) is 0 Å². The number of aromatic nitrogens is 3. The zero-order valence-corrected chi connectivity index (χ0v) is 13.1. The minimum Gasteiger partial charge on any atom is -0.378 e. The van der Waals surface area contributed by atoms with E-state index >= 15 is 0 Å². The quantitative estimate of drug-likeness (QED) is 0.934. The molecule has 0 aromatic carbocycles. The van der Waals surface area contributed by atoms with Gasteiger partial charge in [0.2, 0.25) is 11.9 Å². The van der Waals surface area contributed by atoms with Gasteiger partial charge < -0.3 is 15.0 Å². The lowest BCUT2D eigenvalue weighted by Crippen LogP contribution is -2.37. The summed E-state index contributed by atoms with van der Waals surface area (Å²) in [6.45, 7) is 7.98. The highest BCUT2D eigenvalue weighted by Crippen LogP contribution is 2.26. The molecule has 3 heterocycles. The van der Waals surface area contributed by atoms with Gasteiger partial charge in [-0.15, -0.1) is 11.3 Å². The van der Waals surface area contributed by atoms with E-state index in [1.165, 1.54) is 4.88 Å². The summed E-state index contributed by atoms with van der Waals surface area (Å²) in [5.74, 6) is 2.10. The second-order valence-corrected chi connectivity index (χ2v) is 5.92. The zero-order valence-electron chi connectivity index (χ0n) is 12.3. The van der Waals surface area contributed by atoms with Crippen molar-refractivity contribution in [1.82, 2.24) is 15.0 Å². The number of hydrogen-bond donors (Lipinski definition) is 1. The lowest BCUT2D eigenvalue weighted by molar-refractivity contribution is 0.122. The maximum atomic E-state index is 5.39. The van der Waals surface area contributed by atoms with Crippen LogP contribution < -0.4 is 10.2 Å². The molecule has 1 aliphatic heterocycles. The Hall–Kier alpha value is -1.73. The molecule has 2 aromatic heterocycles. The lowest BCUT2D eigenvalue weighted by atomic mass is 10.2. The molecule has 6 nitrogen and oxygen atoms in total. The van der Waals surface area contributed by atoms with E-state index < -0.39 is 0 Å². The minimum absolute atomic E-state index is 0.634. The Bertz CT molecular complexity index is 609. The van der Waals surface area contributed by atoms with Crippen LogP contribution in [0.4, 0.5) is 11.9 Å². The van der Waals surface area contributed by atoms with Crippen LogP contribution >= 0.6 is 11.3 Å². The first kappa shape index (κ1) is 14.2. The number of aryl methyl sites for hydroxylation is 1. The molecule has 0 spiro atoms. The second kappa shape index (κ2) is 6.36. The van der Waals surface area contributed by atoms with Crippen LogP contribution in [-0.2, 0) is 4.74 Å². The van der Waals surface area contributed by atoms with Gasteiger partial charge >= 0.3 is 0 Å². The van der Waals surface area contributed by atoms with Gasteiger partial charge in [-0.05, 0) is 25.3 Å². The molecule has 0 bridgehead atoms. The Morgan fingerprint density at radius 1 is 1.29 bits per heavy atom. The van der Waals surface area contributed by atoms with Crippen molar-refractivity contribution in [1.29, 1.82) is 0 Å². The smallest absolute Gasteiger partial charge is 0.230 e. The maximum Gasteiger partial charge on any atom is 0.230 e. The molecule has 21 heavy (non-hydrogen) atoms. The lowest BCUT2D eigenvalue weighted by Gasteiger charge is -2.27.